The first-order chi connectivity index (χ1) is 12.8. The Hall–Kier alpha value is -2.79. The van der Waals surface area contributed by atoms with Crippen molar-refractivity contribution in [2.24, 2.45) is 0 Å². The average Bonchev–Trinajstić information content (AvgIpc) is 3.07. The Morgan fingerprint density at radius 3 is 2.63 bits per heavy atom. The maximum absolute atomic E-state index is 12.9. The molecule has 0 fully saturated rings. The van der Waals surface area contributed by atoms with E-state index in [2.05, 4.69) is 0 Å². The summed E-state index contributed by atoms with van der Waals surface area (Å²) in [6, 6.07) is 8.71. The Kier molecular flexibility index (Phi) is 5.24. The van der Waals surface area contributed by atoms with Gasteiger partial charge in [0.05, 0.1) is 31.0 Å². The molecular formula is C21H20ClNO4. The third-order valence-corrected chi connectivity index (χ3v) is 5.26. The number of hydrogen-bond acceptors (Lipinski definition) is 4. The molecule has 0 saturated heterocycles. The minimum Gasteiger partial charge on any atom is -0.465 e. The topological polar surface area (TPSA) is 59.8 Å². The number of benzene rings is 2. The number of para-hydroxylation sites is 1. The van der Waals surface area contributed by atoms with E-state index in [1.807, 2.05) is 19.9 Å². The van der Waals surface area contributed by atoms with E-state index in [4.69, 9.17) is 20.8 Å². The number of anilines is 1. The molecule has 0 N–H and O–H groups in total. The molecule has 0 aliphatic rings. The van der Waals surface area contributed by atoms with Gasteiger partial charge in [0.15, 0.2) is 0 Å². The second kappa shape index (κ2) is 7.45. The van der Waals surface area contributed by atoms with Gasteiger partial charge in [0.25, 0.3) is 0 Å². The first-order valence-corrected chi connectivity index (χ1v) is 8.82. The number of aryl methyl sites for hydroxylation is 2. The fraction of sp³-hybridized carbons (Fsp3) is 0.238. The molecule has 0 aliphatic carbocycles. The number of ether oxygens (including phenoxy) is 1. The number of carbonyl (C=O) groups is 2. The molecule has 0 bridgehead atoms. The summed E-state index contributed by atoms with van der Waals surface area (Å²) < 4.78 is 10.4. The van der Waals surface area contributed by atoms with Crippen LogP contribution in [0, 0.1) is 13.8 Å². The fourth-order valence-corrected chi connectivity index (χ4v) is 3.35. The van der Waals surface area contributed by atoms with Crippen LogP contribution in [-0.2, 0) is 16.0 Å². The average molecular weight is 386 g/mol. The van der Waals surface area contributed by atoms with Gasteiger partial charge in [0.2, 0.25) is 5.91 Å². The number of fused-ring (bicyclic) bond motifs is 1. The van der Waals surface area contributed by atoms with E-state index >= 15 is 0 Å². The molecule has 1 amide bonds. The van der Waals surface area contributed by atoms with E-state index in [0.29, 0.717) is 21.9 Å². The number of halogens is 1. The molecule has 140 valence electrons. The summed E-state index contributed by atoms with van der Waals surface area (Å²) in [5.74, 6) is -0.665. The molecule has 0 unspecified atom stereocenters. The molecule has 6 heteroatoms. The van der Waals surface area contributed by atoms with Crippen molar-refractivity contribution in [1.82, 2.24) is 0 Å². The normalized spacial score (nSPS) is 10.9. The maximum atomic E-state index is 12.9. The van der Waals surface area contributed by atoms with Crippen molar-refractivity contribution in [2.45, 2.75) is 20.3 Å². The van der Waals surface area contributed by atoms with Crippen molar-refractivity contribution in [3.8, 4) is 0 Å². The van der Waals surface area contributed by atoms with Crippen molar-refractivity contribution in [1.29, 1.82) is 0 Å². The predicted molar refractivity (Wildman–Crippen MR) is 106 cm³/mol. The lowest BCUT2D eigenvalue weighted by molar-refractivity contribution is -0.117. The summed E-state index contributed by atoms with van der Waals surface area (Å²) in [6.45, 7) is 3.83. The molecule has 1 aromatic heterocycles. The lowest BCUT2D eigenvalue weighted by Gasteiger charge is -2.19. The van der Waals surface area contributed by atoms with Crippen LogP contribution in [0.25, 0.3) is 11.0 Å². The highest BCUT2D eigenvalue weighted by atomic mass is 35.5. The molecule has 0 atom stereocenters. The van der Waals surface area contributed by atoms with Crippen LogP contribution in [0.2, 0.25) is 5.02 Å². The van der Waals surface area contributed by atoms with Crippen molar-refractivity contribution < 1.29 is 18.7 Å². The van der Waals surface area contributed by atoms with Crippen LogP contribution < -0.4 is 4.90 Å². The number of hydrogen-bond donors (Lipinski definition) is 0. The van der Waals surface area contributed by atoms with Crippen molar-refractivity contribution in [3.05, 3.63) is 63.9 Å². The standard InChI is InChI=1S/C21H20ClNO4/c1-12-9-17-19(13(2)20(12)22)14(11-27-17)10-18(24)23(3)16-8-6-5-7-15(16)21(25)26-4/h5-9,11H,10H2,1-4H3. The smallest absolute Gasteiger partial charge is 0.339 e. The highest BCUT2D eigenvalue weighted by molar-refractivity contribution is 6.33. The van der Waals surface area contributed by atoms with E-state index in [1.54, 1.807) is 37.6 Å². The molecule has 5 nitrogen and oxygen atoms in total. The van der Waals surface area contributed by atoms with Gasteiger partial charge < -0.3 is 14.1 Å². The predicted octanol–water partition coefficient (Wildman–Crippen LogP) is 4.70. The zero-order chi connectivity index (χ0) is 19.7. The van der Waals surface area contributed by atoms with E-state index in [0.717, 1.165) is 22.1 Å². The van der Waals surface area contributed by atoms with Gasteiger partial charge >= 0.3 is 5.97 Å². The summed E-state index contributed by atoms with van der Waals surface area (Å²) in [6.07, 6.45) is 1.71. The minimum absolute atomic E-state index is 0.124. The number of methoxy groups -OCH3 is 1. The van der Waals surface area contributed by atoms with Crippen LogP contribution in [0.4, 0.5) is 5.69 Å². The van der Waals surface area contributed by atoms with Crippen LogP contribution >= 0.6 is 11.6 Å². The SMILES string of the molecule is COC(=O)c1ccccc1N(C)C(=O)Cc1coc2cc(C)c(Cl)c(C)c12. The molecule has 3 rings (SSSR count). The molecule has 27 heavy (non-hydrogen) atoms. The van der Waals surface area contributed by atoms with Crippen LogP contribution in [-0.4, -0.2) is 26.0 Å². The van der Waals surface area contributed by atoms with Gasteiger partial charge in [-0.3, -0.25) is 4.79 Å². The first-order valence-electron chi connectivity index (χ1n) is 8.44. The van der Waals surface area contributed by atoms with Crippen LogP contribution in [0.1, 0.15) is 27.0 Å². The lowest BCUT2D eigenvalue weighted by Crippen LogP contribution is -2.29. The van der Waals surface area contributed by atoms with Gasteiger partial charge in [-0.05, 0) is 43.2 Å². The molecular weight excluding hydrogens is 366 g/mol. The molecule has 2 aromatic carbocycles. The Bertz CT molecular complexity index is 1040. The highest BCUT2D eigenvalue weighted by Gasteiger charge is 2.21. The van der Waals surface area contributed by atoms with Gasteiger partial charge in [-0.1, -0.05) is 23.7 Å². The van der Waals surface area contributed by atoms with E-state index in [-0.39, 0.29) is 12.3 Å². The van der Waals surface area contributed by atoms with E-state index in [1.165, 1.54) is 12.0 Å². The Morgan fingerprint density at radius 2 is 1.93 bits per heavy atom. The Balaban J connectivity index is 1.94. The molecule has 3 aromatic rings. The molecule has 0 aliphatic heterocycles. The zero-order valence-corrected chi connectivity index (χ0v) is 16.4. The summed E-state index contributed by atoms with van der Waals surface area (Å²) in [5.41, 5.74) is 4.11. The number of carbonyl (C=O) groups excluding carboxylic acids is 2. The monoisotopic (exact) mass is 385 g/mol. The lowest BCUT2D eigenvalue weighted by atomic mass is 10.0. The molecule has 0 spiro atoms. The Labute approximate surface area is 162 Å². The quantitative estimate of drug-likeness (QED) is 0.611. The van der Waals surface area contributed by atoms with Crippen molar-refractivity contribution >= 4 is 40.1 Å². The third kappa shape index (κ3) is 3.43. The Morgan fingerprint density at radius 1 is 1.22 bits per heavy atom. The third-order valence-electron chi connectivity index (χ3n) is 4.68. The summed E-state index contributed by atoms with van der Waals surface area (Å²) in [4.78, 5) is 26.3. The summed E-state index contributed by atoms with van der Waals surface area (Å²) in [5, 5.41) is 1.52. The van der Waals surface area contributed by atoms with Crippen LogP contribution in [0.3, 0.4) is 0 Å². The second-order valence-corrected chi connectivity index (χ2v) is 6.78. The van der Waals surface area contributed by atoms with Crippen molar-refractivity contribution in [2.75, 3.05) is 19.1 Å². The van der Waals surface area contributed by atoms with E-state index in [9.17, 15) is 9.59 Å². The minimum atomic E-state index is -0.489. The number of esters is 1. The van der Waals surface area contributed by atoms with Gasteiger partial charge in [0.1, 0.15) is 5.58 Å². The second-order valence-electron chi connectivity index (χ2n) is 6.40. The van der Waals surface area contributed by atoms with Crippen LogP contribution in [0.5, 0.6) is 0 Å². The summed E-state index contributed by atoms with van der Waals surface area (Å²) in [7, 11) is 2.95. The molecule has 0 saturated carbocycles. The number of nitrogens with zero attached hydrogens (tertiary/aromatic N) is 1. The number of amides is 1. The van der Waals surface area contributed by atoms with E-state index < -0.39 is 5.97 Å². The number of likely N-dealkylation sites (N-methyl/N-ethyl adjacent to an activating group) is 1. The van der Waals surface area contributed by atoms with Gasteiger partial charge in [-0.2, -0.15) is 0 Å². The van der Waals surface area contributed by atoms with Crippen molar-refractivity contribution in [3.63, 3.8) is 0 Å². The summed E-state index contributed by atoms with van der Waals surface area (Å²) >= 11 is 6.36. The maximum Gasteiger partial charge on any atom is 0.339 e. The largest absolute Gasteiger partial charge is 0.465 e. The van der Waals surface area contributed by atoms with Gasteiger partial charge in [0, 0.05) is 23.0 Å². The number of furan rings is 1. The van der Waals surface area contributed by atoms with Crippen LogP contribution in [0.15, 0.2) is 41.0 Å². The molecule has 0 radical (unpaired) electrons. The number of rotatable bonds is 4. The van der Waals surface area contributed by atoms with Gasteiger partial charge in [-0.25, -0.2) is 4.79 Å². The molecule has 1 heterocycles. The zero-order valence-electron chi connectivity index (χ0n) is 15.6. The highest BCUT2D eigenvalue weighted by Crippen LogP contribution is 2.33. The fourth-order valence-electron chi connectivity index (χ4n) is 3.20. The van der Waals surface area contributed by atoms with Gasteiger partial charge in [-0.15, -0.1) is 0 Å². The first kappa shape index (κ1) is 19.0.